The van der Waals surface area contributed by atoms with E-state index >= 15 is 0 Å². The van der Waals surface area contributed by atoms with Gasteiger partial charge in [0, 0.05) is 17.3 Å². The van der Waals surface area contributed by atoms with E-state index in [1.54, 1.807) is 13.8 Å². The van der Waals surface area contributed by atoms with Crippen LogP contribution >= 0.6 is 0 Å². The molecule has 0 fully saturated rings. The van der Waals surface area contributed by atoms with Crippen LogP contribution < -0.4 is 9.47 Å². The van der Waals surface area contributed by atoms with Gasteiger partial charge in [-0.05, 0) is 33.3 Å². The highest BCUT2D eigenvalue weighted by Crippen LogP contribution is 2.37. The summed E-state index contributed by atoms with van der Waals surface area (Å²) in [6, 6.07) is 2.26. The topological polar surface area (TPSA) is 138 Å². The molecule has 3 rings (SSSR count). The lowest BCUT2D eigenvalue weighted by molar-refractivity contribution is -0.385. The molecule has 0 saturated heterocycles. The molecule has 0 amide bonds. The van der Waals surface area contributed by atoms with E-state index in [9.17, 15) is 24.5 Å². The summed E-state index contributed by atoms with van der Waals surface area (Å²) in [6.07, 6.45) is -1.25. The van der Waals surface area contributed by atoms with Crippen LogP contribution in [-0.2, 0) is 4.74 Å². The zero-order chi connectivity index (χ0) is 22.2. The molecule has 1 aromatic heterocycles. The Morgan fingerprint density at radius 3 is 2.30 bits per heavy atom. The SMILES string of the molecule is CC(=O)c1c(C)[nH]c(C(=O)[C@H](C)OC(=O)c2cc3c(cc2[N+](=O)[O-])OCCO3)c1C. The average molecular weight is 416 g/mol. The van der Waals surface area contributed by atoms with Crippen LogP contribution in [0.25, 0.3) is 0 Å². The minimum absolute atomic E-state index is 0.148. The Balaban J connectivity index is 1.87. The smallest absolute Gasteiger partial charge is 0.346 e. The normalized spacial score (nSPS) is 13.5. The maximum absolute atomic E-state index is 12.8. The number of Topliss-reactive ketones (excluding diaryl/α,β-unsaturated/α-hetero) is 2. The molecule has 0 saturated carbocycles. The van der Waals surface area contributed by atoms with Crippen LogP contribution in [0.2, 0.25) is 0 Å². The van der Waals surface area contributed by atoms with Crippen molar-refractivity contribution in [3.63, 3.8) is 0 Å². The molecule has 1 aromatic carbocycles. The first kappa shape index (κ1) is 21.0. The molecular formula is C20H20N2O8. The summed E-state index contributed by atoms with van der Waals surface area (Å²) in [5.41, 5.74) is 0.666. The lowest BCUT2D eigenvalue weighted by atomic mass is 10.0. The molecule has 1 aliphatic rings. The number of carbonyl (C=O) groups excluding carboxylic acids is 3. The summed E-state index contributed by atoms with van der Waals surface area (Å²) in [7, 11) is 0. The van der Waals surface area contributed by atoms with Crippen molar-refractivity contribution in [1.29, 1.82) is 0 Å². The van der Waals surface area contributed by atoms with Crippen molar-refractivity contribution in [2.24, 2.45) is 0 Å². The van der Waals surface area contributed by atoms with Gasteiger partial charge in [-0.2, -0.15) is 0 Å². The minimum Gasteiger partial charge on any atom is -0.486 e. The summed E-state index contributed by atoms with van der Waals surface area (Å²) < 4.78 is 15.9. The van der Waals surface area contributed by atoms with E-state index in [2.05, 4.69) is 4.98 Å². The van der Waals surface area contributed by atoms with Crippen LogP contribution in [0.5, 0.6) is 11.5 Å². The van der Waals surface area contributed by atoms with Gasteiger partial charge in [-0.3, -0.25) is 19.7 Å². The number of aromatic nitrogens is 1. The van der Waals surface area contributed by atoms with Gasteiger partial charge < -0.3 is 19.2 Å². The molecule has 1 aliphatic heterocycles. The number of nitrogens with zero attached hydrogens (tertiary/aromatic N) is 1. The highest BCUT2D eigenvalue weighted by Gasteiger charge is 2.31. The van der Waals surface area contributed by atoms with Crippen LogP contribution in [0.1, 0.15) is 56.3 Å². The van der Waals surface area contributed by atoms with E-state index in [1.165, 1.54) is 19.9 Å². The quantitative estimate of drug-likeness (QED) is 0.328. The second-order valence-corrected chi connectivity index (χ2v) is 6.86. The fraction of sp³-hybridized carbons (Fsp3) is 0.350. The number of nitro groups is 1. The number of esters is 1. The lowest BCUT2D eigenvalue weighted by Crippen LogP contribution is -2.26. The maximum atomic E-state index is 12.8. The first-order valence-electron chi connectivity index (χ1n) is 9.15. The highest BCUT2D eigenvalue weighted by atomic mass is 16.6. The fourth-order valence-corrected chi connectivity index (χ4v) is 3.40. The van der Waals surface area contributed by atoms with Gasteiger partial charge in [-0.25, -0.2) is 4.79 Å². The summed E-state index contributed by atoms with van der Waals surface area (Å²) in [5.74, 6) is -1.47. The van der Waals surface area contributed by atoms with Crippen molar-refractivity contribution in [2.45, 2.75) is 33.8 Å². The van der Waals surface area contributed by atoms with Gasteiger partial charge in [-0.1, -0.05) is 0 Å². The molecule has 30 heavy (non-hydrogen) atoms. The molecule has 0 spiro atoms. The number of hydrogen-bond donors (Lipinski definition) is 1. The number of fused-ring (bicyclic) bond motifs is 1. The number of rotatable bonds is 6. The standard InChI is InChI=1S/C20H20N2O8/c1-9-17(11(3)23)10(2)21-18(9)19(24)12(4)30-20(25)13-7-15-16(29-6-5-28-15)8-14(13)22(26)27/h7-8,12,21H,5-6H2,1-4H3/t12-/m0/s1. The zero-order valence-corrected chi connectivity index (χ0v) is 16.9. The number of nitrogens with one attached hydrogen (secondary N) is 1. The predicted molar refractivity (Wildman–Crippen MR) is 104 cm³/mol. The molecule has 1 atom stereocenters. The third-order valence-corrected chi connectivity index (χ3v) is 4.77. The van der Waals surface area contributed by atoms with Gasteiger partial charge in [0.1, 0.15) is 18.8 Å². The van der Waals surface area contributed by atoms with E-state index in [0.717, 1.165) is 6.07 Å². The fourth-order valence-electron chi connectivity index (χ4n) is 3.40. The van der Waals surface area contributed by atoms with Crippen molar-refractivity contribution in [1.82, 2.24) is 4.98 Å². The Hall–Kier alpha value is -3.69. The molecular weight excluding hydrogens is 396 g/mol. The zero-order valence-electron chi connectivity index (χ0n) is 16.9. The number of aromatic amines is 1. The van der Waals surface area contributed by atoms with Gasteiger partial charge >= 0.3 is 5.97 Å². The first-order valence-corrected chi connectivity index (χ1v) is 9.15. The number of aryl methyl sites for hydroxylation is 1. The first-order chi connectivity index (χ1) is 14.1. The summed E-state index contributed by atoms with van der Waals surface area (Å²) in [5, 5.41) is 11.4. The third-order valence-electron chi connectivity index (χ3n) is 4.77. The van der Waals surface area contributed by atoms with Crippen molar-refractivity contribution < 1.29 is 33.5 Å². The van der Waals surface area contributed by atoms with Gasteiger partial charge in [0.05, 0.1) is 16.7 Å². The number of benzene rings is 1. The molecule has 10 heteroatoms. The number of nitro benzene ring substituents is 1. The monoisotopic (exact) mass is 416 g/mol. The second kappa shape index (κ2) is 7.97. The minimum atomic E-state index is -1.25. The van der Waals surface area contributed by atoms with E-state index in [4.69, 9.17) is 14.2 Å². The number of H-pyrrole nitrogens is 1. The van der Waals surface area contributed by atoms with Gasteiger partial charge in [-0.15, -0.1) is 0 Å². The Morgan fingerprint density at radius 1 is 1.17 bits per heavy atom. The van der Waals surface area contributed by atoms with Crippen molar-refractivity contribution >= 4 is 23.2 Å². The lowest BCUT2D eigenvalue weighted by Gasteiger charge is -2.19. The molecule has 2 aromatic rings. The number of hydrogen-bond acceptors (Lipinski definition) is 8. The Morgan fingerprint density at radius 2 is 1.77 bits per heavy atom. The van der Waals surface area contributed by atoms with Crippen LogP contribution in [0.15, 0.2) is 12.1 Å². The molecule has 0 bridgehead atoms. The average Bonchev–Trinajstić information content (AvgIpc) is 3.00. The van der Waals surface area contributed by atoms with E-state index in [0.29, 0.717) is 16.8 Å². The molecule has 2 heterocycles. The van der Waals surface area contributed by atoms with Gasteiger partial charge in [0.25, 0.3) is 5.69 Å². The van der Waals surface area contributed by atoms with Gasteiger partial charge in [0.15, 0.2) is 23.4 Å². The summed E-state index contributed by atoms with van der Waals surface area (Å²) in [4.78, 5) is 50.7. The predicted octanol–water partition coefficient (Wildman–Crippen LogP) is 2.94. The molecule has 10 nitrogen and oxygen atoms in total. The van der Waals surface area contributed by atoms with Crippen LogP contribution in [0, 0.1) is 24.0 Å². The van der Waals surface area contributed by atoms with Crippen molar-refractivity contribution in [2.75, 3.05) is 13.2 Å². The second-order valence-electron chi connectivity index (χ2n) is 6.86. The Kier molecular flexibility index (Phi) is 5.59. The Bertz CT molecular complexity index is 1070. The van der Waals surface area contributed by atoms with Crippen LogP contribution in [-0.4, -0.2) is 46.8 Å². The molecule has 0 aliphatic carbocycles. The van der Waals surface area contributed by atoms with E-state index < -0.39 is 28.5 Å². The summed E-state index contributed by atoms with van der Waals surface area (Å²) >= 11 is 0. The number of ether oxygens (including phenoxy) is 3. The highest BCUT2D eigenvalue weighted by molar-refractivity contribution is 6.06. The number of carbonyl (C=O) groups is 3. The molecule has 158 valence electrons. The van der Waals surface area contributed by atoms with Crippen molar-refractivity contribution in [3.05, 3.63) is 50.3 Å². The van der Waals surface area contributed by atoms with E-state index in [1.807, 2.05) is 0 Å². The Labute approximate surface area is 171 Å². The largest absolute Gasteiger partial charge is 0.486 e. The summed E-state index contributed by atoms with van der Waals surface area (Å²) in [6.45, 7) is 6.49. The molecule has 1 N–H and O–H groups in total. The van der Waals surface area contributed by atoms with Crippen LogP contribution in [0.4, 0.5) is 5.69 Å². The van der Waals surface area contributed by atoms with Crippen molar-refractivity contribution in [3.8, 4) is 11.5 Å². The molecule has 0 unspecified atom stereocenters. The molecule has 0 radical (unpaired) electrons. The third kappa shape index (κ3) is 3.76. The maximum Gasteiger partial charge on any atom is 0.346 e. The van der Waals surface area contributed by atoms with Gasteiger partial charge in [0.2, 0.25) is 5.78 Å². The van der Waals surface area contributed by atoms with Crippen LogP contribution in [0.3, 0.4) is 0 Å². The number of ketones is 2. The van der Waals surface area contributed by atoms with E-state index in [-0.39, 0.29) is 41.8 Å².